The Balaban J connectivity index is 2.87. The van der Waals surface area contributed by atoms with Crippen LogP contribution in [0.4, 0.5) is 5.82 Å². The van der Waals surface area contributed by atoms with Crippen molar-refractivity contribution < 1.29 is 0 Å². The lowest BCUT2D eigenvalue weighted by molar-refractivity contribution is 0.755. The lowest BCUT2D eigenvalue weighted by Gasteiger charge is -2.15. The first kappa shape index (κ1) is 11.0. The third kappa shape index (κ3) is 2.70. The van der Waals surface area contributed by atoms with Crippen molar-refractivity contribution in [3.05, 3.63) is 23.4 Å². The standard InChI is InChI=1S/C11H19N3/c1-4-8(2)13-11-10(7-12)6-5-9(3)14-11/h5-6,8H,4,7,12H2,1-3H3,(H,13,14). The number of rotatable bonds is 4. The predicted molar refractivity (Wildman–Crippen MR) is 60.2 cm³/mol. The highest BCUT2D eigenvalue weighted by atomic mass is 15.0. The van der Waals surface area contributed by atoms with Crippen LogP contribution < -0.4 is 11.1 Å². The summed E-state index contributed by atoms with van der Waals surface area (Å²) in [6, 6.07) is 4.46. The fraction of sp³-hybridized carbons (Fsp3) is 0.545. The third-order valence-electron chi connectivity index (χ3n) is 2.33. The number of hydrogen-bond donors (Lipinski definition) is 2. The lowest BCUT2D eigenvalue weighted by atomic mass is 10.2. The van der Waals surface area contributed by atoms with Gasteiger partial charge in [-0.3, -0.25) is 0 Å². The molecule has 3 N–H and O–H groups in total. The molecule has 1 atom stereocenters. The molecule has 0 fully saturated rings. The van der Waals surface area contributed by atoms with E-state index in [9.17, 15) is 0 Å². The van der Waals surface area contributed by atoms with Crippen molar-refractivity contribution in [1.29, 1.82) is 0 Å². The monoisotopic (exact) mass is 193 g/mol. The summed E-state index contributed by atoms with van der Waals surface area (Å²) in [6.45, 7) is 6.81. The van der Waals surface area contributed by atoms with Crippen molar-refractivity contribution >= 4 is 5.82 Å². The largest absolute Gasteiger partial charge is 0.367 e. The van der Waals surface area contributed by atoms with Crippen molar-refractivity contribution in [1.82, 2.24) is 4.98 Å². The number of pyridine rings is 1. The van der Waals surface area contributed by atoms with Crippen molar-refractivity contribution in [2.45, 2.75) is 39.8 Å². The molecule has 0 bridgehead atoms. The predicted octanol–water partition coefficient (Wildman–Crippen LogP) is 2.06. The van der Waals surface area contributed by atoms with Gasteiger partial charge in [-0.05, 0) is 26.3 Å². The summed E-state index contributed by atoms with van der Waals surface area (Å²) in [5, 5.41) is 3.36. The molecule has 0 saturated carbocycles. The van der Waals surface area contributed by atoms with Gasteiger partial charge >= 0.3 is 0 Å². The van der Waals surface area contributed by atoms with Crippen LogP contribution in [0.3, 0.4) is 0 Å². The zero-order valence-electron chi connectivity index (χ0n) is 9.17. The smallest absolute Gasteiger partial charge is 0.130 e. The van der Waals surface area contributed by atoms with Crippen molar-refractivity contribution in [2.24, 2.45) is 5.73 Å². The van der Waals surface area contributed by atoms with E-state index in [0.717, 1.165) is 23.5 Å². The van der Waals surface area contributed by atoms with E-state index in [-0.39, 0.29) is 0 Å². The van der Waals surface area contributed by atoms with Crippen LogP contribution in [0.15, 0.2) is 12.1 Å². The quantitative estimate of drug-likeness (QED) is 0.769. The van der Waals surface area contributed by atoms with Gasteiger partial charge in [-0.15, -0.1) is 0 Å². The lowest BCUT2D eigenvalue weighted by Crippen LogP contribution is -2.17. The van der Waals surface area contributed by atoms with E-state index in [4.69, 9.17) is 5.73 Å². The SMILES string of the molecule is CCC(C)Nc1nc(C)ccc1CN. The number of nitrogens with two attached hydrogens (primary N) is 1. The average molecular weight is 193 g/mol. The Hall–Kier alpha value is -1.09. The molecular weight excluding hydrogens is 174 g/mol. The third-order valence-corrected chi connectivity index (χ3v) is 2.33. The molecule has 1 aromatic heterocycles. The first-order valence-electron chi connectivity index (χ1n) is 5.10. The van der Waals surface area contributed by atoms with E-state index >= 15 is 0 Å². The van der Waals surface area contributed by atoms with E-state index < -0.39 is 0 Å². The molecule has 14 heavy (non-hydrogen) atoms. The summed E-state index contributed by atoms with van der Waals surface area (Å²) in [6.07, 6.45) is 1.08. The van der Waals surface area contributed by atoms with Crippen LogP contribution in [-0.2, 0) is 6.54 Å². The van der Waals surface area contributed by atoms with Crippen molar-refractivity contribution in [3.8, 4) is 0 Å². The Morgan fingerprint density at radius 1 is 1.50 bits per heavy atom. The minimum absolute atomic E-state index is 0.439. The highest BCUT2D eigenvalue weighted by Crippen LogP contribution is 2.14. The van der Waals surface area contributed by atoms with E-state index in [2.05, 4.69) is 24.1 Å². The summed E-state index contributed by atoms with van der Waals surface area (Å²) in [4.78, 5) is 4.44. The first-order valence-corrected chi connectivity index (χ1v) is 5.10. The maximum absolute atomic E-state index is 5.64. The van der Waals surface area contributed by atoms with Crippen LogP contribution in [0.1, 0.15) is 31.5 Å². The van der Waals surface area contributed by atoms with Gasteiger partial charge in [0.05, 0.1) is 0 Å². The second kappa shape index (κ2) is 4.96. The summed E-state index contributed by atoms with van der Waals surface area (Å²) in [5.74, 6) is 0.932. The number of anilines is 1. The van der Waals surface area contributed by atoms with E-state index in [1.165, 1.54) is 0 Å². The zero-order chi connectivity index (χ0) is 10.6. The van der Waals surface area contributed by atoms with Gasteiger partial charge in [0.1, 0.15) is 5.82 Å². The van der Waals surface area contributed by atoms with Gasteiger partial charge in [0.15, 0.2) is 0 Å². The molecule has 0 amide bonds. The van der Waals surface area contributed by atoms with Crippen molar-refractivity contribution in [2.75, 3.05) is 5.32 Å². The topological polar surface area (TPSA) is 50.9 Å². The molecule has 78 valence electrons. The van der Waals surface area contributed by atoms with Crippen LogP contribution in [0.25, 0.3) is 0 Å². The average Bonchev–Trinajstić information content (AvgIpc) is 2.18. The van der Waals surface area contributed by atoms with Gasteiger partial charge in [0.2, 0.25) is 0 Å². The van der Waals surface area contributed by atoms with Gasteiger partial charge in [-0.25, -0.2) is 4.98 Å². The fourth-order valence-electron chi connectivity index (χ4n) is 1.21. The molecule has 1 unspecified atom stereocenters. The molecule has 0 aliphatic heterocycles. The Kier molecular flexibility index (Phi) is 3.89. The van der Waals surface area contributed by atoms with Crippen LogP contribution in [-0.4, -0.2) is 11.0 Å². The zero-order valence-corrected chi connectivity index (χ0v) is 9.17. The minimum atomic E-state index is 0.439. The molecule has 0 saturated heterocycles. The number of nitrogens with one attached hydrogen (secondary N) is 1. The molecule has 1 aromatic rings. The number of aryl methyl sites for hydroxylation is 1. The molecule has 3 heteroatoms. The minimum Gasteiger partial charge on any atom is -0.367 e. The molecule has 3 nitrogen and oxygen atoms in total. The van der Waals surface area contributed by atoms with Gasteiger partial charge in [0, 0.05) is 23.8 Å². The van der Waals surface area contributed by atoms with Crippen molar-refractivity contribution in [3.63, 3.8) is 0 Å². The van der Waals surface area contributed by atoms with E-state index in [1.54, 1.807) is 0 Å². The fourth-order valence-corrected chi connectivity index (χ4v) is 1.21. The van der Waals surface area contributed by atoms with Crippen LogP contribution in [0.2, 0.25) is 0 Å². The van der Waals surface area contributed by atoms with Crippen LogP contribution in [0.5, 0.6) is 0 Å². The maximum Gasteiger partial charge on any atom is 0.130 e. The number of aromatic nitrogens is 1. The summed E-state index contributed by atoms with van der Waals surface area (Å²) < 4.78 is 0. The second-order valence-electron chi connectivity index (χ2n) is 3.62. The second-order valence-corrected chi connectivity index (χ2v) is 3.62. The molecule has 0 radical (unpaired) electrons. The molecule has 1 heterocycles. The normalized spacial score (nSPS) is 12.6. The summed E-state index contributed by atoms with van der Waals surface area (Å²) in [7, 11) is 0. The highest BCUT2D eigenvalue weighted by molar-refractivity contribution is 5.45. The molecule has 1 rings (SSSR count). The maximum atomic E-state index is 5.64. The van der Waals surface area contributed by atoms with Crippen LogP contribution >= 0.6 is 0 Å². The number of hydrogen-bond acceptors (Lipinski definition) is 3. The molecular formula is C11H19N3. The Morgan fingerprint density at radius 3 is 2.79 bits per heavy atom. The summed E-state index contributed by atoms with van der Waals surface area (Å²) in [5.41, 5.74) is 7.74. The van der Waals surface area contributed by atoms with Gasteiger partial charge in [-0.1, -0.05) is 13.0 Å². The van der Waals surface area contributed by atoms with Gasteiger partial charge in [-0.2, -0.15) is 0 Å². The number of nitrogens with zero attached hydrogens (tertiary/aromatic N) is 1. The van der Waals surface area contributed by atoms with E-state index in [1.807, 2.05) is 19.1 Å². The first-order chi connectivity index (χ1) is 6.67. The van der Waals surface area contributed by atoms with E-state index in [0.29, 0.717) is 12.6 Å². The molecule has 0 aliphatic rings. The Labute approximate surface area is 85.7 Å². The summed E-state index contributed by atoms with van der Waals surface area (Å²) >= 11 is 0. The van der Waals surface area contributed by atoms with Gasteiger partial charge < -0.3 is 11.1 Å². The Morgan fingerprint density at radius 2 is 2.21 bits per heavy atom. The van der Waals surface area contributed by atoms with Gasteiger partial charge in [0.25, 0.3) is 0 Å². The highest BCUT2D eigenvalue weighted by Gasteiger charge is 2.05. The molecule has 0 spiro atoms. The van der Waals surface area contributed by atoms with Crippen LogP contribution in [0, 0.1) is 6.92 Å². The molecule has 0 aromatic carbocycles. The Bertz CT molecular complexity index is 297. The molecule has 0 aliphatic carbocycles.